The second kappa shape index (κ2) is 2.60. The van der Waals surface area contributed by atoms with Crippen LogP contribution in [-0.4, -0.2) is 0 Å². The van der Waals surface area contributed by atoms with E-state index in [0.29, 0.717) is 5.92 Å². The minimum absolute atomic E-state index is 0.138. The molecule has 0 unspecified atom stereocenters. The van der Waals surface area contributed by atoms with Crippen LogP contribution in [0.3, 0.4) is 0 Å². The van der Waals surface area contributed by atoms with Crippen LogP contribution in [0.25, 0.3) is 0 Å². The van der Waals surface area contributed by atoms with E-state index in [4.69, 9.17) is 5.26 Å². The van der Waals surface area contributed by atoms with Gasteiger partial charge in [-0.15, -0.1) is 0 Å². The molecule has 60 valence electrons. The summed E-state index contributed by atoms with van der Waals surface area (Å²) in [7, 11) is 0. The fraction of sp³-hybridized carbons (Fsp3) is 0.300. The van der Waals surface area contributed by atoms with E-state index in [2.05, 4.69) is 0 Å². The first kappa shape index (κ1) is 7.30. The maximum absolute atomic E-state index is 13.0. The Kier molecular flexibility index (Phi) is 1.58. The van der Waals surface area contributed by atoms with Crippen molar-refractivity contribution in [2.24, 2.45) is 0 Å². The van der Waals surface area contributed by atoms with Crippen molar-refractivity contribution in [3.63, 3.8) is 0 Å². The van der Waals surface area contributed by atoms with Crippen molar-refractivity contribution >= 4 is 0 Å². The molecule has 0 N–H and O–H groups in total. The van der Waals surface area contributed by atoms with Gasteiger partial charge in [0.05, 0.1) is 5.56 Å². The third-order valence-electron chi connectivity index (χ3n) is 2.16. The molecule has 1 aromatic rings. The Labute approximate surface area is 70.4 Å². The lowest BCUT2D eigenvalue weighted by atomic mass is 10.1. The molecule has 0 aromatic heterocycles. The number of benzene rings is 1. The fourth-order valence-corrected chi connectivity index (χ4v) is 1.29. The summed E-state index contributed by atoms with van der Waals surface area (Å²) in [5, 5.41) is 8.47. The average Bonchev–Trinajstić information content (AvgIpc) is 2.86. The van der Waals surface area contributed by atoms with Gasteiger partial charge in [0, 0.05) is 0 Å². The monoisotopic (exact) mass is 161 g/mol. The second-order valence-electron chi connectivity index (χ2n) is 3.13. The molecule has 0 bridgehead atoms. The van der Waals surface area contributed by atoms with Crippen LogP contribution in [0, 0.1) is 17.1 Å². The molecule has 1 aliphatic rings. The molecule has 0 amide bonds. The summed E-state index contributed by atoms with van der Waals surface area (Å²) in [6.45, 7) is 0. The van der Waals surface area contributed by atoms with Gasteiger partial charge >= 0.3 is 0 Å². The Morgan fingerprint density at radius 3 is 2.67 bits per heavy atom. The smallest absolute Gasteiger partial charge is 0.141 e. The van der Waals surface area contributed by atoms with Gasteiger partial charge in [-0.05, 0) is 36.5 Å². The number of rotatable bonds is 1. The molecule has 1 aromatic carbocycles. The topological polar surface area (TPSA) is 23.8 Å². The minimum atomic E-state index is -0.387. The van der Waals surface area contributed by atoms with Crippen LogP contribution in [0.15, 0.2) is 18.2 Å². The molecule has 0 spiro atoms. The molecule has 0 aliphatic heterocycles. The predicted octanol–water partition coefficient (Wildman–Crippen LogP) is 2.57. The Hall–Kier alpha value is -1.36. The van der Waals surface area contributed by atoms with E-state index >= 15 is 0 Å². The minimum Gasteiger partial charge on any atom is -0.206 e. The van der Waals surface area contributed by atoms with Crippen molar-refractivity contribution in [3.8, 4) is 6.07 Å². The van der Waals surface area contributed by atoms with Gasteiger partial charge in [-0.1, -0.05) is 6.07 Å². The molecule has 1 nitrogen and oxygen atoms in total. The molecule has 0 heterocycles. The summed E-state index contributed by atoms with van der Waals surface area (Å²) in [5.41, 5.74) is 1.17. The second-order valence-corrected chi connectivity index (χ2v) is 3.13. The molecule has 0 saturated heterocycles. The number of nitrogens with zero attached hydrogens (tertiary/aromatic N) is 1. The van der Waals surface area contributed by atoms with E-state index in [1.807, 2.05) is 6.07 Å². The van der Waals surface area contributed by atoms with E-state index in [0.717, 1.165) is 18.4 Å². The zero-order chi connectivity index (χ0) is 8.55. The van der Waals surface area contributed by atoms with Gasteiger partial charge in [0.2, 0.25) is 0 Å². The number of hydrogen-bond donors (Lipinski definition) is 0. The first-order chi connectivity index (χ1) is 5.81. The molecule has 2 rings (SSSR count). The van der Waals surface area contributed by atoms with Crippen LogP contribution in [0.2, 0.25) is 0 Å². The van der Waals surface area contributed by atoms with Crippen LogP contribution >= 0.6 is 0 Å². The summed E-state index contributed by atoms with van der Waals surface area (Å²) in [5.74, 6) is 0.161. The highest BCUT2D eigenvalue weighted by atomic mass is 19.1. The SMILES string of the molecule is N#Cc1ccc(C2CC2)cc1F. The zero-order valence-corrected chi connectivity index (χ0v) is 6.55. The van der Waals surface area contributed by atoms with Gasteiger partial charge in [0.15, 0.2) is 0 Å². The van der Waals surface area contributed by atoms with Crippen molar-refractivity contribution in [1.29, 1.82) is 5.26 Å². The Morgan fingerprint density at radius 2 is 2.17 bits per heavy atom. The van der Waals surface area contributed by atoms with Gasteiger partial charge < -0.3 is 0 Å². The highest BCUT2D eigenvalue weighted by molar-refractivity contribution is 5.35. The standard InChI is InChI=1S/C10H8FN/c11-10-5-8(7-1-2-7)3-4-9(10)6-12/h3-5,7H,1-2H2. The van der Waals surface area contributed by atoms with Crippen molar-refractivity contribution in [2.75, 3.05) is 0 Å². The molecule has 1 saturated carbocycles. The summed E-state index contributed by atoms with van der Waals surface area (Å²) in [6.07, 6.45) is 2.32. The summed E-state index contributed by atoms with van der Waals surface area (Å²) >= 11 is 0. The van der Waals surface area contributed by atoms with Crippen LogP contribution in [0.4, 0.5) is 4.39 Å². The highest BCUT2D eigenvalue weighted by Gasteiger charge is 2.23. The Balaban J connectivity index is 2.38. The third kappa shape index (κ3) is 1.18. The maximum atomic E-state index is 13.0. The zero-order valence-electron chi connectivity index (χ0n) is 6.55. The lowest BCUT2D eigenvalue weighted by Crippen LogP contribution is -1.86. The van der Waals surface area contributed by atoms with Crippen molar-refractivity contribution in [2.45, 2.75) is 18.8 Å². The lowest BCUT2D eigenvalue weighted by molar-refractivity contribution is 0.621. The molecule has 1 fully saturated rings. The Morgan fingerprint density at radius 1 is 1.42 bits per heavy atom. The first-order valence-corrected chi connectivity index (χ1v) is 4.01. The van der Waals surface area contributed by atoms with Crippen molar-refractivity contribution in [1.82, 2.24) is 0 Å². The van der Waals surface area contributed by atoms with Gasteiger partial charge in [-0.25, -0.2) is 4.39 Å². The molecular formula is C10H8FN. The molecular weight excluding hydrogens is 153 g/mol. The van der Waals surface area contributed by atoms with Crippen molar-refractivity contribution < 1.29 is 4.39 Å². The number of hydrogen-bond acceptors (Lipinski definition) is 1. The van der Waals surface area contributed by atoms with Crippen molar-refractivity contribution in [3.05, 3.63) is 35.1 Å². The molecule has 12 heavy (non-hydrogen) atoms. The summed E-state index contributed by atoms with van der Waals surface area (Å²) in [4.78, 5) is 0. The summed E-state index contributed by atoms with van der Waals surface area (Å²) < 4.78 is 13.0. The van der Waals surface area contributed by atoms with Crippen LogP contribution in [0.1, 0.15) is 29.9 Å². The maximum Gasteiger partial charge on any atom is 0.141 e. The van der Waals surface area contributed by atoms with E-state index in [1.54, 1.807) is 12.1 Å². The van der Waals surface area contributed by atoms with E-state index in [-0.39, 0.29) is 11.4 Å². The molecule has 1 aliphatic carbocycles. The van der Waals surface area contributed by atoms with Gasteiger partial charge in [-0.2, -0.15) is 5.26 Å². The van der Waals surface area contributed by atoms with Gasteiger partial charge in [0.1, 0.15) is 11.9 Å². The number of halogens is 1. The quantitative estimate of drug-likeness (QED) is 0.621. The van der Waals surface area contributed by atoms with Gasteiger partial charge in [0.25, 0.3) is 0 Å². The molecule has 0 atom stereocenters. The van der Waals surface area contributed by atoms with E-state index in [9.17, 15) is 4.39 Å². The lowest BCUT2D eigenvalue weighted by Gasteiger charge is -1.98. The summed E-state index contributed by atoms with van der Waals surface area (Å²) in [6, 6.07) is 6.69. The average molecular weight is 161 g/mol. The highest BCUT2D eigenvalue weighted by Crippen LogP contribution is 2.40. The number of nitriles is 1. The van der Waals surface area contributed by atoms with E-state index in [1.165, 1.54) is 6.07 Å². The van der Waals surface area contributed by atoms with Gasteiger partial charge in [-0.3, -0.25) is 0 Å². The van der Waals surface area contributed by atoms with Crippen LogP contribution in [-0.2, 0) is 0 Å². The molecule has 0 radical (unpaired) electrons. The molecule has 2 heteroatoms. The first-order valence-electron chi connectivity index (χ1n) is 4.01. The normalized spacial score (nSPS) is 15.7. The Bertz CT molecular complexity index is 347. The van der Waals surface area contributed by atoms with Crippen LogP contribution < -0.4 is 0 Å². The van der Waals surface area contributed by atoms with Crippen LogP contribution in [0.5, 0.6) is 0 Å². The largest absolute Gasteiger partial charge is 0.206 e. The predicted molar refractivity (Wildman–Crippen MR) is 43.1 cm³/mol. The fourth-order valence-electron chi connectivity index (χ4n) is 1.29. The third-order valence-corrected chi connectivity index (χ3v) is 2.16. The van der Waals surface area contributed by atoms with E-state index < -0.39 is 0 Å².